The number of hydrogen-bond donors (Lipinski definition) is 5. The maximum Gasteiger partial charge on any atom is 0.342 e. The van der Waals surface area contributed by atoms with Gasteiger partial charge in [-0.25, -0.2) is 15.2 Å². The predicted molar refractivity (Wildman–Crippen MR) is 131 cm³/mol. The maximum absolute atomic E-state index is 13.8. The fraction of sp³-hybridized carbons (Fsp3) is 0.750. The summed E-state index contributed by atoms with van der Waals surface area (Å²) in [7, 11) is -1.86. The van der Waals surface area contributed by atoms with Crippen LogP contribution in [0.1, 0.15) is 20.3 Å². The Labute approximate surface area is 218 Å². The van der Waals surface area contributed by atoms with Crippen molar-refractivity contribution in [2.24, 2.45) is 26.6 Å². The van der Waals surface area contributed by atoms with E-state index in [2.05, 4.69) is 29.9 Å². The van der Waals surface area contributed by atoms with Gasteiger partial charge in [-0.2, -0.15) is 9.38 Å². The lowest BCUT2D eigenvalue weighted by molar-refractivity contribution is -0.143. The van der Waals surface area contributed by atoms with Crippen molar-refractivity contribution in [2.45, 2.75) is 63.1 Å². The molecule has 3 aliphatic heterocycles. The van der Waals surface area contributed by atoms with Crippen LogP contribution in [-0.2, 0) is 32.9 Å². The zero-order chi connectivity index (χ0) is 28.2. The zero-order valence-electron chi connectivity index (χ0n) is 21.3. The highest BCUT2D eigenvalue weighted by molar-refractivity contribution is 7.54. The lowest BCUT2D eigenvalue weighted by atomic mass is 10.1. The number of halogens is 1. The average Bonchev–Trinajstić information content (AvgIpc) is 3.41. The van der Waals surface area contributed by atoms with Gasteiger partial charge in [0, 0.05) is 0 Å². The van der Waals surface area contributed by atoms with Crippen LogP contribution >= 0.6 is 7.67 Å². The fourth-order valence-electron chi connectivity index (χ4n) is 4.03. The lowest BCUT2D eigenvalue weighted by Crippen LogP contribution is -2.51. The molecule has 0 radical (unpaired) electrons. The molecule has 0 bridgehead atoms. The normalized spacial score (nSPS) is 30.9. The molecule has 3 heterocycles. The van der Waals surface area contributed by atoms with Crippen molar-refractivity contribution in [2.75, 3.05) is 27.4 Å². The summed E-state index contributed by atoms with van der Waals surface area (Å²) in [5.41, 5.74) is 5.72. The lowest BCUT2D eigenvalue weighted by Gasteiger charge is -2.32. The van der Waals surface area contributed by atoms with Crippen molar-refractivity contribution >= 4 is 37.9 Å². The summed E-state index contributed by atoms with van der Waals surface area (Å²) in [5, 5.41) is 26.2. The molecule has 214 valence electrons. The van der Waals surface area contributed by atoms with E-state index in [1.54, 1.807) is 0 Å². The van der Waals surface area contributed by atoms with Gasteiger partial charge in [0.15, 0.2) is 12.4 Å². The highest BCUT2D eigenvalue weighted by atomic mass is 31.2. The first-order valence-electron chi connectivity index (χ1n) is 11.7. The van der Waals surface area contributed by atoms with Crippen molar-refractivity contribution in [3.8, 4) is 0 Å². The third-order valence-electron chi connectivity index (χ3n) is 5.94. The second kappa shape index (κ2) is 12.5. The summed E-state index contributed by atoms with van der Waals surface area (Å²) in [6, 6.07) is -1.87. The third-order valence-corrected chi connectivity index (χ3v) is 7.68. The van der Waals surface area contributed by atoms with E-state index >= 15 is 0 Å². The van der Waals surface area contributed by atoms with Crippen molar-refractivity contribution in [1.82, 2.24) is 15.1 Å². The number of hydrogen-bond acceptors (Lipinski definition) is 14. The number of nitrogens with zero attached hydrogens (tertiary/aromatic N) is 4. The molecular weight excluding hydrogens is 532 g/mol. The van der Waals surface area contributed by atoms with E-state index in [1.165, 1.54) is 18.3 Å². The molecule has 3 unspecified atom stereocenters. The number of aliphatic hydroxyl groups is 2. The molecule has 0 spiro atoms. The van der Waals surface area contributed by atoms with E-state index in [0.29, 0.717) is 0 Å². The molecule has 6 N–H and O–H groups in total. The summed E-state index contributed by atoms with van der Waals surface area (Å²) in [5.74, 6) is -1.58. The van der Waals surface area contributed by atoms with E-state index in [-0.39, 0.29) is 18.2 Å². The largest absolute Gasteiger partial charge is 0.468 e. The quantitative estimate of drug-likeness (QED) is 0.101. The van der Waals surface area contributed by atoms with Gasteiger partial charge >= 0.3 is 25.7 Å². The summed E-state index contributed by atoms with van der Waals surface area (Å²) >= 11 is 0. The van der Waals surface area contributed by atoms with Gasteiger partial charge in [0.2, 0.25) is 0 Å². The first kappa shape index (κ1) is 30.0. The molecule has 8 atom stereocenters. The number of carbonyl (C=O) groups excluding carboxylic acids is 2. The minimum Gasteiger partial charge on any atom is -0.468 e. The van der Waals surface area contributed by atoms with Gasteiger partial charge in [0.1, 0.15) is 42.8 Å². The number of methoxy groups -OCH3 is 2. The van der Waals surface area contributed by atoms with E-state index in [9.17, 15) is 28.8 Å². The molecule has 0 amide bonds. The molecule has 0 saturated carbocycles. The van der Waals surface area contributed by atoms with Gasteiger partial charge in [-0.3, -0.25) is 19.1 Å². The molecule has 38 heavy (non-hydrogen) atoms. The van der Waals surface area contributed by atoms with Crippen LogP contribution in [-0.4, -0.2) is 115 Å². The van der Waals surface area contributed by atoms with Crippen LogP contribution in [0.25, 0.3) is 0 Å². The minimum atomic E-state index is -4.17. The number of esters is 2. The number of nitrogens with one attached hydrogen (secondary N) is 2. The molecule has 16 nitrogen and oxygen atoms in total. The summed E-state index contributed by atoms with van der Waals surface area (Å²) < 4.78 is 48.0. The summed E-state index contributed by atoms with van der Waals surface area (Å²) in [6.07, 6.45) is -6.11. The van der Waals surface area contributed by atoms with Crippen molar-refractivity contribution in [3.05, 3.63) is 0 Å². The Hall–Kier alpha value is -2.53. The molecule has 18 heteroatoms. The summed E-state index contributed by atoms with van der Waals surface area (Å²) in [4.78, 5) is 36.5. The van der Waals surface area contributed by atoms with Gasteiger partial charge in [-0.05, 0) is 12.3 Å². The Balaban J connectivity index is 1.72. The Morgan fingerprint density at radius 3 is 2.63 bits per heavy atom. The first-order chi connectivity index (χ1) is 17.9. The molecule has 0 aliphatic carbocycles. The monoisotopic (exact) mass is 565 g/mol. The van der Waals surface area contributed by atoms with Gasteiger partial charge in [-0.1, -0.05) is 13.8 Å². The predicted octanol–water partition coefficient (Wildman–Crippen LogP) is -1.77. The first-order valence-corrected chi connectivity index (χ1v) is 13.3. The molecule has 3 rings (SSSR count). The van der Waals surface area contributed by atoms with Crippen LogP contribution in [0.3, 0.4) is 0 Å². The van der Waals surface area contributed by atoms with E-state index in [0.717, 1.165) is 7.11 Å². The van der Waals surface area contributed by atoms with Gasteiger partial charge < -0.3 is 39.6 Å². The van der Waals surface area contributed by atoms with Crippen LogP contribution in [0.5, 0.6) is 0 Å². The Morgan fingerprint density at radius 1 is 1.29 bits per heavy atom. The van der Waals surface area contributed by atoms with Crippen LogP contribution in [0.2, 0.25) is 0 Å². The van der Waals surface area contributed by atoms with Crippen LogP contribution in [0.15, 0.2) is 15.0 Å². The fourth-order valence-corrected chi connectivity index (χ4v) is 5.60. The average molecular weight is 565 g/mol. The number of carbonyl (C=O) groups is 2. The zero-order valence-corrected chi connectivity index (χ0v) is 22.2. The van der Waals surface area contributed by atoms with Crippen molar-refractivity contribution < 1.29 is 47.5 Å². The number of ether oxygens (including phenoxy) is 3. The highest BCUT2D eigenvalue weighted by Crippen LogP contribution is 2.40. The number of aliphatic hydroxyl groups excluding tert-OH is 2. The van der Waals surface area contributed by atoms with E-state index in [4.69, 9.17) is 19.7 Å². The molecule has 1 saturated heterocycles. The third kappa shape index (κ3) is 6.91. The standard InChI is InChI=1S/C20H33FN7O9P/c1-9(2)5-10(19(32)35-4)27-38(33,24-6-12(29)34-3)36-7-11-14(30)15(31)18(37-11)28-8-23-13-16(22)25-20(21)26-17(13)28/h8-11,13-15,17-18,30-31H,5-7H2,1-4H3,(H2,22,25,26)(H2,24,27,33)/t10-,11+,13?,14+,15-,17?,18+,38?/m0/s1. The van der Waals surface area contributed by atoms with Crippen molar-refractivity contribution in [3.63, 3.8) is 0 Å². The van der Waals surface area contributed by atoms with E-state index < -0.39 is 81.6 Å². The molecule has 0 aromatic heterocycles. The molecule has 3 aliphatic rings. The van der Waals surface area contributed by atoms with Gasteiger partial charge in [0.25, 0.3) is 0 Å². The van der Waals surface area contributed by atoms with Crippen LogP contribution in [0.4, 0.5) is 4.39 Å². The molecule has 0 aromatic rings. The number of rotatable bonds is 12. The topological polar surface area (TPSA) is 219 Å². The Bertz CT molecular complexity index is 1030. The number of amidine groups is 2. The number of nitrogens with two attached hydrogens (primary N) is 1. The Kier molecular flexibility index (Phi) is 9.91. The summed E-state index contributed by atoms with van der Waals surface area (Å²) in [6.45, 7) is 2.59. The second-order valence-corrected chi connectivity index (χ2v) is 11.1. The van der Waals surface area contributed by atoms with Crippen LogP contribution < -0.4 is 15.9 Å². The Morgan fingerprint density at radius 2 is 2.00 bits per heavy atom. The molecular formula is C20H33FN7O9P. The van der Waals surface area contributed by atoms with Crippen LogP contribution in [0, 0.1) is 5.92 Å². The molecule has 0 aromatic carbocycles. The number of aliphatic imine (C=N–C) groups is 3. The van der Waals surface area contributed by atoms with Crippen molar-refractivity contribution in [1.29, 1.82) is 0 Å². The van der Waals surface area contributed by atoms with E-state index in [1.807, 2.05) is 13.8 Å². The SMILES string of the molecule is COC(=O)CNP(=O)(N[C@@H](CC(C)C)C(=O)OC)OC[C@H]1O[C@@H](N2C=NC3C(N)=NC(F)=NC32)[C@@H](O)[C@@H]1O. The highest BCUT2D eigenvalue weighted by Gasteiger charge is 2.51. The minimum absolute atomic E-state index is 0.00568. The van der Waals surface area contributed by atoms with Gasteiger partial charge in [-0.15, -0.1) is 0 Å². The second-order valence-electron chi connectivity index (χ2n) is 9.14. The van der Waals surface area contributed by atoms with Gasteiger partial charge in [0.05, 0.1) is 27.2 Å². The maximum atomic E-state index is 13.8. The smallest absolute Gasteiger partial charge is 0.342 e. The number of fused-ring (bicyclic) bond motifs is 1. The molecule has 1 fully saturated rings.